The highest BCUT2D eigenvalue weighted by Crippen LogP contribution is 2.62. The van der Waals surface area contributed by atoms with E-state index in [1.54, 1.807) is 0 Å². The molecule has 0 rings (SSSR count). The van der Waals surface area contributed by atoms with Crippen LogP contribution in [-0.2, 0) is 4.79 Å². The monoisotopic (exact) mass is 520 g/mol. The van der Waals surface area contributed by atoms with Crippen LogP contribution in [0.15, 0.2) is 0 Å². The summed E-state index contributed by atoms with van der Waals surface area (Å²) < 4.78 is 0. The van der Waals surface area contributed by atoms with E-state index in [-0.39, 0.29) is 17.0 Å². The summed E-state index contributed by atoms with van der Waals surface area (Å²) in [5.74, 6) is 0. The van der Waals surface area contributed by atoms with Gasteiger partial charge in [-0.3, -0.25) is 4.79 Å². The molecule has 0 heterocycles. The molecule has 0 saturated heterocycles. The Morgan fingerprint density at radius 3 is 1.06 bits per heavy atom. The van der Waals surface area contributed by atoms with Crippen LogP contribution in [0.1, 0.15) is 156 Å². The van der Waals surface area contributed by atoms with Crippen LogP contribution in [0, 0.1) is 0 Å². The van der Waals surface area contributed by atoms with E-state index >= 15 is 0 Å². The minimum Gasteiger partial charge on any atom is -1.00 e. The minimum atomic E-state index is -1.36. The Morgan fingerprint density at radius 2 is 0.742 bits per heavy atom. The molecule has 188 valence electrons. The highest BCUT2D eigenvalue weighted by Gasteiger charge is 2.43. The molecule has 0 unspecified atom stereocenters. The van der Waals surface area contributed by atoms with E-state index < -0.39 is 7.26 Å². The van der Waals surface area contributed by atoms with Gasteiger partial charge in [-0.25, -0.2) is 0 Å². The number of carbonyl (C=O) groups is 1. The highest BCUT2D eigenvalue weighted by atomic mass is 79.9. The maximum absolute atomic E-state index is 13.3. The first-order chi connectivity index (χ1) is 14.7. The molecule has 0 aromatic heterocycles. The van der Waals surface area contributed by atoms with Crippen LogP contribution < -0.4 is 17.0 Å². The molecule has 0 aliphatic heterocycles. The van der Waals surface area contributed by atoms with Crippen LogP contribution in [0.2, 0.25) is 0 Å². The fourth-order valence-corrected chi connectivity index (χ4v) is 9.44. The fourth-order valence-electron chi connectivity index (χ4n) is 4.62. The third-order valence-corrected chi connectivity index (χ3v) is 11.6. The van der Waals surface area contributed by atoms with Crippen LogP contribution >= 0.6 is 7.26 Å². The lowest BCUT2D eigenvalue weighted by atomic mass is 10.0. The third-order valence-electron chi connectivity index (χ3n) is 6.84. The maximum Gasteiger partial charge on any atom is 0.267 e. The maximum atomic E-state index is 13.3. The van der Waals surface area contributed by atoms with Crippen molar-refractivity contribution in [2.24, 2.45) is 0 Å². The third kappa shape index (κ3) is 18.7. The Labute approximate surface area is 208 Å². The summed E-state index contributed by atoms with van der Waals surface area (Å²) in [4.78, 5) is 13.3. The second-order valence-electron chi connectivity index (χ2n) is 9.76. The van der Waals surface area contributed by atoms with Gasteiger partial charge in [0.1, 0.15) is 0 Å². The predicted octanol–water partition coefficient (Wildman–Crippen LogP) is 7.42. The van der Waals surface area contributed by atoms with Gasteiger partial charge in [-0.15, -0.1) is 0 Å². The average Bonchev–Trinajstić information content (AvgIpc) is 2.76. The van der Waals surface area contributed by atoms with Crippen molar-refractivity contribution in [1.82, 2.24) is 0 Å². The molecular weight excluding hydrogens is 463 g/mol. The topological polar surface area (TPSA) is 17.1 Å². The summed E-state index contributed by atoms with van der Waals surface area (Å²) in [5.41, 5.74) is 0.723. The highest BCUT2D eigenvalue weighted by molar-refractivity contribution is 7.90. The molecule has 0 fully saturated rings. The van der Waals surface area contributed by atoms with Gasteiger partial charge in [0.2, 0.25) is 0 Å². The largest absolute Gasteiger partial charge is 1.00 e. The number of rotatable bonds is 24. The molecule has 1 nitrogen and oxygen atoms in total. The molecule has 0 aromatic carbocycles. The molecule has 0 saturated carbocycles. The summed E-state index contributed by atoms with van der Waals surface area (Å²) in [6, 6.07) is 0. The molecule has 0 N–H and O–H groups in total. The van der Waals surface area contributed by atoms with Crippen molar-refractivity contribution in [1.29, 1.82) is 0 Å². The van der Waals surface area contributed by atoms with Crippen LogP contribution in [0.25, 0.3) is 0 Å². The zero-order valence-electron chi connectivity index (χ0n) is 22.0. The molecule has 0 amide bonds. The van der Waals surface area contributed by atoms with Crippen molar-refractivity contribution in [2.75, 3.05) is 18.5 Å². The first-order valence-electron chi connectivity index (χ1n) is 14.1. The standard InChI is InChI=1S/C28H58OP.BrH/c1-5-9-13-14-15-16-17-18-19-20-21-22-23-24-28(29)30(25-10-6-2,26-11-7-3)27-12-8-4;/h5-27H2,1-4H3;1H/q+1;/p-1. The van der Waals surface area contributed by atoms with E-state index in [9.17, 15) is 4.79 Å². The van der Waals surface area contributed by atoms with Gasteiger partial charge in [-0.1, -0.05) is 124 Å². The molecule has 31 heavy (non-hydrogen) atoms. The second-order valence-corrected chi connectivity index (χ2v) is 13.9. The molecule has 3 heteroatoms. The van der Waals surface area contributed by atoms with Crippen molar-refractivity contribution in [3.05, 3.63) is 0 Å². The summed E-state index contributed by atoms with van der Waals surface area (Å²) >= 11 is 0. The molecule has 0 aromatic rings. The van der Waals surface area contributed by atoms with E-state index in [0.717, 1.165) is 18.4 Å². The molecule has 0 aliphatic carbocycles. The number of carbonyl (C=O) groups excluding carboxylic acids is 1. The lowest BCUT2D eigenvalue weighted by Gasteiger charge is -2.25. The van der Waals surface area contributed by atoms with Gasteiger partial charge in [-0.05, 0) is 25.7 Å². The van der Waals surface area contributed by atoms with E-state index in [1.165, 1.54) is 134 Å². The Hall–Kier alpha value is 0.580. The van der Waals surface area contributed by atoms with E-state index in [2.05, 4.69) is 27.7 Å². The second kappa shape index (κ2) is 25.2. The van der Waals surface area contributed by atoms with Crippen LogP contribution in [-0.4, -0.2) is 24.0 Å². The molecule has 0 spiro atoms. The molecule has 0 atom stereocenters. The van der Waals surface area contributed by atoms with Gasteiger partial charge in [0.25, 0.3) is 5.52 Å². The zero-order chi connectivity index (χ0) is 22.3. The summed E-state index contributed by atoms with van der Waals surface area (Å²) in [6.07, 6.45) is 30.1. The Balaban J connectivity index is 0. The van der Waals surface area contributed by atoms with Crippen LogP contribution in [0.3, 0.4) is 0 Å². The quantitative estimate of drug-likeness (QED) is 0.0955. The number of halogens is 1. The number of unbranched alkanes of at least 4 members (excludes halogenated alkanes) is 15. The molecular formula is C28H58BrOP. The Kier molecular flexibility index (Phi) is 27.4. The molecule has 0 aliphatic rings. The minimum absolute atomic E-state index is 0. The number of hydrogen-bond acceptors (Lipinski definition) is 1. The Morgan fingerprint density at radius 1 is 0.452 bits per heavy atom. The first kappa shape index (κ1) is 33.8. The fraction of sp³-hybridized carbons (Fsp3) is 0.964. The summed E-state index contributed by atoms with van der Waals surface area (Å²) in [6.45, 7) is 9.14. The van der Waals surface area contributed by atoms with E-state index in [4.69, 9.17) is 0 Å². The van der Waals surface area contributed by atoms with Gasteiger partial charge in [0.05, 0.1) is 25.7 Å². The number of hydrogen-bond donors (Lipinski definition) is 0. The van der Waals surface area contributed by atoms with Crippen molar-refractivity contribution in [3.8, 4) is 0 Å². The average molecular weight is 522 g/mol. The van der Waals surface area contributed by atoms with Crippen LogP contribution in [0.4, 0.5) is 0 Å². The first-order valence-corrected chi connectivity index (χ1v) is 16.4. The van der Waals surface area contributed by atoms with E-state index in [0.29, 0.717) is 0 Å². The Bertz CT molecular complexity index is 350. The van der Waals surface area contributed by atoms with Crippen molar-refractivity contribution < 1.29 is 21.8 Å². The van der Waals surface area contributed by atoms with Gasteiger partial charge in [-0.2, -0.15) is 0 Å². The van der Waals surface area contributed by atoms with Gasteiger partial charge >= 0.3 is 0 Å². The lowest BCUT2D eigenvalue weighted by Crippen LogP contribution is -3.00. The summed E-state index contributed by atoms with van der Waals surface area (Å²) in [5, 5.41) is 0. The van der Waals surface area contributed by atoms with Gasteiger partial charge < -0.3 is 17.0 Å². The zero-order valence-corrected chi connectivity index (χ0v) is 24.5. The SMILES string of the molecule is CCCCCCCCCCCCCCCC(=O)[P+](CCCC)(CCCC)CCCC.[Br-]. The van der Waals surface area contributed by atoms with E-state index in [1.807, 2.05) is 0 Å². The van der Waals surface area contributed by atoms with Crippen molar-refractivity contribution in [3.63, 3.8) is 0 Å². The van der Waals surface area contributed by atoms with Gasteiger partial charge in [0.15, 0.2) is 0 Å². The smallest absolute Gasteiger partial charge is 0.267 e. The lowest BCUT2D eigenvalue weighted by molar-refractivity contribution is -0.111. The van der Waals surface area contributed by atoms with Crippen molar-refractivity contribution >= 4 is 12.8 Å². The molecule has 0 radical (unpaired) electrons. The van der Waals surface area contributed by atoms with Crippen LogP contribution in [0.5, 0.6) is 0 Å². The van der Waals surface area contributed by atoms with Gasteiger partial charge in [0, 0.05) is 6.42 Å². The normalized spacial score (nSPS) is 11.5. The predicted molar refractivity (Wildman–Crippen MR) is 142 cm³/mol. The molecule has 0 bridgehead atoms. The summed E-state index contributed by atoms with van der Waals surface area (Å²) in [7, 11) is -1.36. The van der Waals surface area contributed by atoms with Crippen molar-refractivity contribution in [2.45, 2.75) is 156 Å².